The predicted molar refractivity (Wildman–Crippen MR) is 76.1 cm³/mol. The number of methoxy groups -OCH3 is 2. The van der Waals surface area contributed by atoms with E-state index in [-0.39, 0.29) is 6.10 Å². The Bertz CT molecular complexity index is 579. The summed E-state index contributed by atoms with van der Waals surface area (Å²) in [5.41, 5.74) is 1.91. The molecule has 0 aliphatic carbocycles. The van der Waals surface area contributed by atoms with Crippen molar-refractivity contribution in [1.29, 1.82) is 0 Å². The van der Waals surface area contributed by atoms with E-state index in [4.69, 9.17) is 9.47 Å². The quantitative estimate of drug-likeness (QED) is 0.779. The fraction of sp³-hybridized carbons (Fsp3) is 0.176. The van der Waals surface area contributed by atoms with Crippen LogP contribution in [0, 0.1) is 11.8 Å². The van der Waals surface area contributed by atoms with Crippen LogP contribution < -0.4 is 4.74 Å². The molecule has 0 bridgehead atoms. The van der Waals surface area contributed by atoms with Crippen molar-refractivity contribution in [3.63, 3.8) is 0 Å². The molecule has 0 aliphatic heterocycles. The van der Waals surface area contributed by atoms with Gasteiger partial charge in [-0.2, -0.15) is 0 Å². The molecule has 2 aromatic carbocycles. The van der Waals surface area contributed by atoms with Crippen LogP contribution in [0.1, 0.15) is 17.2 Å². The van der Waals surface area contributed by atoms with Gasteiger partial charge in [-0.25, -0.2) is 0 Å². The Balaban J connectivity index is 2.27. The van der Waals surface area contributed by atoms with E-state index in [1.165, 1.54) is 0 Å². The van der Waals surface area contributed by atoms with E-state index < -0.39 is 0 Å². The van der Waals surface area contributed by atoms with E-state index in [1.54, 1.807) is 14.2 Å². The molecule has 0 aliphatic rings. The molecule has 1 atom stereocenters. The highest BCUT2D eigenvalue weighted by Gasteiger charge is 2.05. The standard InChI is InChI=1S/C17H16O2/c1-18-16-11-7-6-10-15(16)12-13-17(19-2)14-8-4-3-5-9-14/h3-11,17H,1-2H3. The van der Waals surface area contributed by atoms with Crippen molar-refractivity contribution >= 4 is 0 Å². The van der Waals surface area contributed by atoms with Crippen LogP contribution in [0.2, 0.25) is 0 Å². The summed E-state index contributed by atoms with van der Waals surface area (Å²) in [6, 6.07) is 17.6. The third kappa shape index (κ3) is 3.37. The van der Waals surface area contributed by atoms with Crippen molar-refractivity contribution in [1.82, 2.24) is 0 Å². The van der Waals surface area contributed by atoms with Crippen molar-refractivity contribution in [2.75, 3.05) is 14.2 Å². The Kier molecular flexibility index (Phi) is 4.60. The van der Waals surface area contributed by atoms with Gasteiger partial charge in [-0.1, -0.05) is 54.3 Å². The lowest BCUT2D eigenvalue weighted by molar-refractivity contribution is 0.150. The second-order valence-electron chi connectivity index (χ2n) is 4.00. The topological polar surface area (TPSA) is 18.5 Å². The van der Waals surface area contributed by atoms with Gasteiger partial charge in [-0.05, 0) is 17.7 Å². The van der Waals surface area contributed by atoms with Gasteiger partial charge in [-0.15, -0.1) is 0 Å². The number of hydrogen-bond donors (Lipinski definition) is 0. The summed E-state index contributed by atoms with van der Waals surface area (Å²) in [4.78, 5) is 0. The van der Waals surface area contributed by atoms with Crippen LogP contribution in [-0.2, 0) is 4.74 Å². The summed E-state index contributed by atoms with van der Waals surface area (Å²) in [5.74, 6) is 7.01. The van der Waals surface area contributed by atoms with Gasteiger partial charge in [0.05, 0.1) is 12.7 Å². The molecule has 2 rings (SSSR count). The van der Waals surface area contributed by atoms with E-state index in [0.717, 1.165) is 16.9 Å². The fourth-order valence-electron chi connectivity index (χ4n) is 1.80. The second-order valence-corrected chi connectivity index (χ2v) is 4.00. The van der Waals surface area contributed by atoms with Crippen molar-refractivity contribution in [2.24, 2.45) is 0 Å². The fourth-order valence-corrected chi connectivity index (χ4v) is 1.80. The lowest BCUT2D eigenvalue weighted by atomic mass is 10.1. The molecule has 0 saturated heterocycles. The molecular weight excluding hydrogens is 236 g/mol. The zero-order chi connectivity index (χ0) is 13.5. The normalized spacial score (nSPS) is 11.3. The van der Waals surface area contributed by atoms with Crippen LogP contribution in [0.15, 0.2) is 54.6 Å². The summed E-state index contributed by atoms with van der Waals surface area (Å²) < 4.78 is 10.7. The average Bonchev–Trinajstić information content (AvgIpc) is 2.49. The molecule has 0 fully saturated rings. The summed E-state index contributed by atoms with van der Waals surface area (Å²) in [6.07, 6.45) is -0.230. The van der Waals surface area contributed by atoms with Crippen LogP contribution in [0.3, 0.4) is 0 Å². The van der Waals surface area contributed by atoms with Gasteiger partial charge in [0.2, 0.25) is 0 Å². The smallest absolute Gasteiger partial charge is 0.143 e. The van der Waals surface area contributed by atoms with Crippen molar-refractivity contribution in [3.8, 4) is 17.6 Å². The third-order valence-corrected chi connectivity index (χ3v) is 2.78. The molecule has 19 heavy (non-hydrogen) atoms. The van der Waals surface area contributed by atoms with Crippen LogP contribution in [0.4, 0.5) is 0 Å². The molecule has 96 valence electrons. The summed E-state index contributed by atoms with van der Waals surface area (Å²) in [7, 11) is 3.31. The lowest BCUT2D eigenvalue weighted by Gasteiger charge is -2.08. The highest BCUT2D eigenvalue weighted by Crippen LogP contribution is 2.18. The predicted octanol–water partition coefficient (Wildman–Crippen LogP) is 3.43. The van der Waals surface area contributed by atoms with E-state index >= 15 is 0 Å². The molecule has 0 saturated carbocycles. The number of rotatable bonds is 3. The van der Waals surface area contributed by atoms with Gasteiger partial charge in [0, 0.05) is 7.11 Å². The molecule has 2 nitrogen and oxygen atoms in total. The van der Waals surface area contributed by atoms with Crippen LogP contribution >= 0.6 is 0 Å². The largest absolute Gasteiger partial charge is 0.495 e. The Morgan fingerprint density at radius 1 is 0.895 bits per heavy atom. The first-order valence-electron chi connectivity index (χ1n) is 6.07. The lowest BCUT2D eigenvalue weighted by Crippen LogP contribution is -1.98. The highest BCUT2D eigenvalue weighted by atomic mass is 16.5. The maximum Gasteiger partial charge on any atom is 0.143 e. The summed E-state index contributed by atoms with van der Waals surface area (Å²) in [5, 5.41) is 0. The zero-order valence-corrected chi connectivity index (χ0v) is 11.1. The van der Waals surface area contributed by atoms with Crippen molar-refractivity contribution in [3.05, 3.63) is 65.7 Å². The van der Waals surface area contributed by atoms with Gasteiger partial charge in [0.15, 0.2) is 0 Å². The van der Waals surface area contributed by atoms with E-state index in [9.17, 15) is 0 Å². The van der Waals surface area contributed by atoms with Gasteiger partial charge >= 0.3 is 0 Å². The molecule has 2 heteroatoms. The Hall–Kier alpha value is -2.24. The van der Waals surface area contributed by atoms with Crippen LogP contribution in [0.5, 0.6) is 5.75 Å². The molecule has 1 unspecified atom stereocenters. The molecule has 0 spiro atoms. The first-order valence-corrected chi connectivity index (χ1v) is 6.07. The summed E-state index contributed by atoms with van der Waals surface area (Å²) in [6.45, 7) is 0. The first kappa shape index (κ1) is 13.2. The monoisotopic (exact) mass is 252 g/mol. The van der Waals surface area contributed by atoms with E-state index in [0.29, 0.717) is 0 Å². The zero-order valence-electron chi connectivity index (χ0n) is 11.1. The molecule has 0 aromatic heterocycles. The molecule has 0 heterocycles. The van der Waals surface area contributed by atoms with E-state index in [2.05, 4.69) is 11.8 Å². The Labute approximate surface area is 114 Å². The summed E-state index contributed by atoms with van der Waals surface area (Å²) >= 11 is 0. The van der Waals surface area contributed by atoms with Gasteiger partial charge in [0.1, 0.15) is 11.9 Å². The highest BCUT2D eigenvalue weighted by molar-refractivity contribution is 5.46. The van der Waals surface area contributed by atoms with Crippen molar-refractivity contribution in [2.45, 2.75) is 6.10 Å². The van der Waals surface area contributed by atoms with Gasteiger partial charge < -0.3 is 9.47 Å². The van der Waals surface area contributed by atoms with Crippen LogP contribution in [-0.4, -0.2) is 14.2 Å². The minimum absolute atomic E-state index is 0.230. The van der Waals surface area contributed by atoms with Crippen molar-refractivity contribution < 1.29 is 9.47 Å². The molecular formula is C17H16O2. The number of ether oxygens (including phenoxy) is 2. The minimum atomic E-state index is -0.230. The first-order chi connectivity index (χ1) is 9.35. The second kappa shape index (κ2) is 6.63. The maximum absolute atomic E-state index is 5.42. The molecule has 0 radical (unpaired) electrons. The Morgan fingerprint density at radius 3 is 2.26 bits per heavy atom. The van der Waals surface area contributed by atoms with E-state index in [1.807, 2.05) is 54.6 Å². The number of para-hydroxylation sites is 1. The Morgan fingerprint density at radius 2 is 1.58 bits per heavy atom. The van der Waals surface area contributed by atoms with Gasteiger partial charge in [0.25, 0.3) is 0 Å². The molecule has 0 amide bonds. The maximum atomic E-state index is 5.42. The molecule has 2 aromatic rings. The molecule has 0 N–H and O–H groups in total. The van der Waals surface area contributed by atoms with Gasteiger partial charge in [-0.3, -0.25) is 0 Å². The number of benzene rings is 2. The number of hydrogen-bond acceptors (Lipinski definition) is 2. The third-order valence-electron chi connectivity index (χ3n) is 2.78. The minimum Gasteiger partial charge on any atom is -0.495 e. The van der Waals surface area contributed by atoms with Crippen LogP contribution in [0.25, 0.3) is 0 Å². The SMILES string of the molecule is COc1ccccc1C#CC(OC)c1ccccc1. The average molecular weight is 252 g/mol.